The number of benzene rings is 2. The molecule has 1 fully saturated rings. The zero-order valence-corrected chi connectivity index (χ0v) is 16.7. The van der Waals surface area contributed by atoms with Crippen LogP contribution in [0.15, 0.2) is 46.9 Å². The monoisotopic (exact) mass is 422 g/mol. The molecule has 0 spiro atoms. The van der Waals surface area contributed by atoms with E-state index in [4.69, 9.17) is 13.9 Å². The fourth-order valence-corrected chi connectivity index (χ4v) is 3.14. The Kier molecular flexibility index (Phi) is 5.35. The summed E-state index contributed by atoms with van der Waals surface area (Å²) in [5, 5.41) is 10.3. The van der Waals surface area contributed by atoms with Crippen LogP contribution in [0.2, 0.25) is 0 Å². The van der Waals surface area contributed by atoms with Crippen molar-refractivity contribution < 1.29 is 28.3 Å². The largest absolute Gasteiger partial charge is 0.497 e. The maximum absolute atomic E-state index is 12.6. The molecule has 0 radical (unpaired) electrons. The van der Waals surface area contributed by atoms with Crippen molar-refractivity contribution in [2.45, 2.75) is 12.8 Å². The van der Waals surface area contributed by atoms with Crippen molar-refractivity contribution in [3.63, 3.8) is 0 Å². The van der Waals surface area contributed by atoms with E-state index in [-0.39, 0.29) is 42.1 Å². The predicted molar refractivity (Wildman–Crippen MR) is 109 cm³/mol. The molecule has 10 heteroatoms. The second-order valence-electron chi connectivity index (χ2n) is 6.64. The molecule has 0 unspecified atom stereocenters. The van der Waals surface area contributed by atoms with Gasteiger partial charge in [0.25, 0.3) is 5.91 Å². The van der Waals surface area contributed by atoms with Crippen LogP contribution < -0.4 is 19.7 Å². The van der Waals surface area contributed by atoms with Crippen LogP contribution in [0.1, 0.15) is 23.2 Å². The third kappa shape index (κ3) is 4.08. The quantitative estimate of drug-likeness (QED) is 0.601. The molecule has 0 saturated carbocycles. The normalized spacial score (nSPS) is 13.4. The first kappa shape index (κ1) is 20.1. The summed E-state index contributed by atoms with van der Waals surface area (Å²) in [6.45, 7) is 0. The number of aromatic nitrogens is 2. The lowest BCUT2D eigenvalue weighted by atomic mass is 10.2. The summed E-state index contributed by atoms with van der Waals surface area (Å²) in [5.74, 6) is 0.131. The Morgan fingerprint density at radius 3 is 2.32 bits per heavy atom. The van der Waals surface area contributed by atoms with Crippen molar-refractivity contribution in [2.24, 2.45) is 0 Å². The summed E-state index contributed by atoms with van der Waals surface area (Å²) in [4.78, 5) is 37.6. The van der Waals surface area contributed by atoms with Crippen LogP contribution in [0.4, 0.5) is 11.7 Å². The first-order valence-electron chi connectivity index (χ1n) is 9.32. The molecule has 0 atom stereocenters. The Hall–Kier alpha value is -4.21. The summed E-state index contributed by atoms with van der Waals surface area (Å²) in [5.41, 5.74) is 1.12. The van der Waals surface area contributed by atoms with Gasteiger partial charge in [-0.15, -0.1) is 5.10 Å². The number of hydrogen-bond acceptors (Lipinski definition) is 8. The smallest absolute Gasteiger partial charge is 0.322 e. The summed E-state index contributed by atoms with van der Waals surface area (Å²) in [6, 6.07) is 11.2. The Balaban J connectivity index is 1.53. The fourth-order valence-electron chi connectivity index (χ4n) is 3.14. The maximum Gasteiger partial charge on any atom is 0.322 e. The van der Waals surface area contributed by atoms with E-state index in [0.717, 1.165) is 4.90 Å². The number of nitrogens with one attached hydrogen (secondary N) is 1. The topological polar surface area (TPSA) is 124 Å². The first-order valence-corrected chi connectivity index (χ1v) is 9.32. The van der Waals surface area contributed by atoms with Crippen LogP contribution in [-0.2, 0) is 9.59 Å². The van der Waals surface area contributed by atoms with Gasteiger partial charge in [0, 0.05) is 30.0 Å². The number of amides is 3. The molecule has 2 heterocycles. The van der Waals surface area contributed by atoms with E-state index in [1.54, 1.807) is 36.4 Å². The van der Waals surface area contributed by atoms with Crippen molar-refractivity contribution in [1.82, 2.24) is 10.2 Å². The van der Waals surface area contributed by atoms with Crippen LogP contribution in [-0.4, -0.2) is 42.1 Å². The van der Waals surface area contributed by atoms with E-state index in [2.05, 4.69) is 15.5 Å². The molecule has 3 aromatic rings. The van der Waals surface area contributed by atoms with E-state index in [9.17, 15) is 14.4 Å². The van der Waals surface area contributed by atoms with Gasteiger partial charge in [-0.3, -0.25) is 24.6 Å². The van der Waals surface area contributed by atoms with Crippen LogP contribution in [0.5, 0.6) is 11.5 Å². The van der Waals surface area contributed by atoms with Gasteiger partial charge in [0.2, 0.25) is 17.7 Å². The highest BCUT2D eigenvalue weighted by atomic mass is 16.5. The predicted octanol–water partition coefficient (Wildman–Crippen LogP) is 2.66. The molecule has 1 saturated heterocycles. The van der Waals surface area contributed by atoms with E-state index in [0.29, 0.717) is 22.7 Å². The molecule has 4 rings (SSSR count). The molecule has 158 valence electrons. The average molecular weight is 422 g/mol. The van der Waals surface area contributed by atoms with E-state index in [1.165, 1.54) is 20.3 Å². The van der Waals surface area contributed by atoms with Gasteiger partial charge < -0.3 is 13.9 Å². The number of carbonyl (C=O) groups is 3. The van der Waals surface area contributed by atoms with E-state index < -0.39 is 5.91 Å². The van der Waals surface area contributed by atoms with Gasteiger partial charge in [0.05, 0.1) is 19.9 Å². The SMILES string of the molecule is COc1cc(OC)cc(-c2nnc(NC(=O)c3cccc(N4C(=O)CCC4=O)c3)o2)c1. The number of ether oxygens (including phenoxy) is 2. The second-order valence-corrected chi connectivity index (χ2v) is 6.64. The van der Waals surface area contributed by atoms with Gasteiger partial charge in [0.15, 0.2) is 0 Å². The summed E-state index contributed by atoms with van der Waals surface area (Å²) in [6.07, 6.45) is 0.324. The molecule has 1 N–H and O–H groups in total. The minimum absolute atomic E-state index is 0.111. The molecular weight excluding hydrogens is 404 g/mol. The molecule has 3 amide bonds. The van der Waals surface area contributed by atoms with Crippen molar-refractivity contribution in [3.8, 4) is 23.0 Å². The lowest BCUT2D eigenvalue weighted by Gasteiger charge is -2.14. The Labute approximate surface area is 176 Å². The Morgan fingerprint density at radius 1 is 1.00 bits per heavy atom. The third-order valence-corrected chi connectivity index (χ3v) is 4.66. The minimum Gasteiger partial charge on any atom is -0.497 e. The second kappa shape index (κ2) is 8.27. The standard InChI is InChI=1S/C21H18N4O6/c1-29-15-9-13(10-16(11-15)30-2)20-23-24-21(31-20)22-19(28)12-4-3-5-14(8-12)25-17(26)6-7-18(25)27/h3-5,8-11H,6-7H2,1-2H3,(H,22,24,28). The molecule has 1 aliphatic rings. The van der Waals surface area contributed by atoms with Crippen LogP contribution in [0.3, 0.4) is 0 Å². The Morgan fingerprint density at radius 2 is 1.68 bits per heavy atom. The lowest BCUT2D eigenvalue weighted by Crippen LogP contribution is -2.28. The molecule has 31 heavy (non-hydrogen) atoms. The zero-order chi connectivity index (χ0) is 22.0. The summed E-state index contributed by atoms with van der Waals surface area (Å²) >= 11 is 0. The summed E-state index contributed by atoms with van der Waals surface area (Å²) in [7, 11) is 3.05. The molecule has 0 bridgehead atoms. The number of anilines is 2. The highest BCUT2D eigenvalue weighted by Gasteiger charge is 2.30. The number of imide groups is 1. The minimum atomic E-state index is -0.528. The van der Waals surface area contributed by atoms with Gasteiger partial charge in [-0.05, 0) is 30.3 Å². The van der Waals surface area contributed by atoms with Crippen LogP contribution >= 0.6 is 0 Å². The highest BCUT2D eigenvalue weighted by Crippen LogP contribution is 2.30. The van der Waals surface area contributed by atoms with Gasteiger partial charge >= 0.3 is 6.01 Å². The number of carbonyl (C=O) groups excluding carboxylic acids is 3. The van der Waals surface area contributed by atoms with Crippen molar-refractivity contribution in [2.75, 3.05) is 24.4 Å². The molecule has 1 aliphatic heterocycles. The van der Waals surface area contributed by atoms with Crippen molar-refractivity contribution >= 4 is 29.4 Å². The molecular formula is C21H18N4O6. The number of rotatable bonds is 6. The van der Waals surface area contributed by atoms with Gasteiger partial charge in [-0.2, -0.15) is 0 Å². The third-order valence-electron chi connectivity index (χ3n) is 4.66. The van der Waals surface area contributed by atoms with Crippen LogP contribution in [0, 0.1) is 0 Å². The first-order chi connectivity index (χ1) is 15.0. The molecule has 1 aromatic heterocycles. The molecule has 2 aromatic carbocycles. The van der Waals surface area contributed by atoms with Crippen molar-refractivity contribution in [3.05, 3.63) is 48.0 Å². The zero-order valence-electron chi connectivity index (χ0n) is 16.7. The molecule has 0 aliphatic carbocycles. The molecule has 10 nitrogen and oxygen atoms in total. The lowest BCUT2D eigenvalue weighted by molar-refractivity contribution is -0.121. The van der Waals surface area contributed by atoms with Gasteiger partial charge in [0.1, 0.15) is 11.5 Å². The Bertz CT molecular complexity index is 1130. The van der Waals surface area contributed by atoms with Gasteiger partial charge in [-0.25, -0.2) is 0 Å². The van der Waals surface area contributed by atoms with Crippen molar-refractivity contribution in [1.29, 1.82) is 0 Å². The fraction of sp³-hybridized carbons (Fsp3) is 0.190. The number of hydrogen-bond donors (Lipinski definition) is 1. The number of methoxy groups -OCH3 is 2. The van der Waals surface area contributed by atoms with Crippen LogP contribution in [0.25, 0.3) is 11.5 Å². The summed E-state index contributed by atoms with van der Waals surface area (Å²) < 4.78 is 16.0. The van der Waals surface area contributed by atoms with E-state index in [1.807, 2.05) is 0 Å². The van der Waals surface area contributed by atoms with E-state index >= 15 is 0 Å². The van der Waals surface area contributed by atoms with Gasteiger partial charge in [-0.1, -0.05) is 11.2 Å². The average Bonchev–Trinajstić information content (AvgIpc) is 3.39. The highest BCUT2D eigenvalue weighted by molar-refractivity contribution is 6.20. The maximum atomic E-state index is 12.6. The number of nitrogens with zero attached hydrogens (tertiary/aromatic N) is 3.